The molecular formula is C30H35Cl2N3O5S2. The van der Waals surface area contributed by atoms with Crippen LogP contribution in [-0.2, 0) is 26.2 Å². The van der Waals surface area contributed by atoms with Crippen molar-refractivity contribution >= 4 is 62.5 Å². The third kappa shape index (κ3) is 8.56. The lowest BCUT2D eigenvalue weighted by Crippen LogP contribution is -2.52. The molecule has 3 aromatic rings. The normalized spacial score (nSPS) is 12.1. The topological polar surface area (TPSA) is 96.0 Å². The van der Waals surface area contributed by atoms with E-state index in [1.165, 1.54) is 28.8 Å². The van der Waals surface area contributed by atoms with Gasteiger partial charge in [-0.2, -0.15) is 0 Å². The first kappa shape index (κ1) is 33.6. The average Bonchev–Trinajstić information content (AvgIpc) is 2.95. The van der Waals surface area contributed by atoms with Crippen molar-refractivity contribution < 1.29 is 22.7 Å². The molecule has 1 N–H and O–H groups in total. The third-order valence-corrected chi connectivity index (χ3v) is 9.43. The molecule has 0 aliphatic heterocycles. The quantitative estimate of drug-likeness (QED) is 0.220. The largest absolute Gasteiger partial charge is 0.494 e. The van der Waals surface area contributed by atoms with Crippen LogP contribution in [0.1, 0.15) is 33.3 Å². The predicted molar refractivity (Wildman–Crippen MR) is 170 cm³/mol. The van der Waals surface area contributed by atoms with Crippen molar-refractivity contribution in [2.24, 2.45) is 0 Å². The first-order valence-electron chi connectivity index (χ1n) is 13.3. The van der Waals surface area contributed by atoms with E-state index >= 15 is 0 Å². The summed E-state index contributed by atoms with van der Waals surface area (Å²) in [7, 11) is -4.19. The number of nitrogens with one attached hydrogen (secondary N) is 1. The number of nitrogens with zero attached hydrogens (tertiary/aromatic N) is 2. The molecule has 42 heavy (non-hydrogen) atoms. The standard InChI is InChI=1S/C30H35Cl2N3O5S2/c1-6-40-25-11-9-24(10-12-25)35(42(38,39)27-15-13-26(41-5)14-16-27)19-29(36)34(21(4)30(37)33-20(2)3)18-22-7-8-23(31)17-28(22)32/h7-17,20-21H,6,18-19H2,1-5H3,(H,33,37)/t21-/m1/s1. The molecular weight excluding hydrogens is 617 g/mol. The molecule has 2 amide bonds. The fourth-order valence-electron chi connectivity index (χ4n) is 4.10. The van der Waals surface area contributed by atoms with Crippen molar-refractivity contribution in [2.45, 2.75) is 56.1 Å². The van der Waals surface area contributed by atoms with E-state index in [-0.39, 0.29) is 29.1 Å². The van der Waals surface area contributed by atoms with Crippen LogP contribution >= 0.6 is 35.0 Å². The first-order valence-corrected chi connectivity index (χ1v) is 16.7. The number of halogens is 2. The molecule has 8 nitrogen and oxygen atoms in total. The van der Waals surface area contributed by atoms with Gasteiger partial charge in [0.15, 0.2) is 0 Å². The molecule has 0 bridgehead atoms. The van der Waals surface area contributed by atoms with Crippen LogP contribution in [0.2, 0.25) is 10.0 Å². The summed E-state index contributed by atoms with van der Waals surface area (Å²) in [5.41, 5.74) is 0.825. The zero-order valence-electron chi connectivity index (χ0n) is 24.1. The number of thioether (sulfide) groups is 1. The Morgan fingerprint density at radius 2 is 1.62 bits per heavy atom. The van der Waals surface area contributed by atoms with Crippen LogP contribution in [0.15, 0.2) is 76.5 Å². The predicted octanol–water partition coefficient (Wildman–Crippen LogP) is 6.25. The summed E-state index contributed by atoms with van der Waals surface area (Å²) >= 11 is 14.0. The number of ether oxygens (including phenoxy) is 1. The highest BCUT2D eigenvalue weighted by Crippen LogP contribution is 2.29. The maximum absolute atomic E-state index is 14.0. The van der Waals surface area contributed by atoms with E-state index in [9.17, 15) is 18.0 Å². The molecule has 0 spiro atoms. The second-order valence-electron chi connectivity index (χ2n) is 9.71. The first-order chi connectivity index (χ1) is 19.9. The Bertz CT molecular complexity index is 1480. The summed E-state index contributed by atoms with van der Waals surface area (Å²) in [6.07, 6.45) is 1.90. The van der Waals surface area contributed by atoms with Gasteiger partial charge in [-0.25, -0.2) is 8.42 Å². The molecule has 226 valence electrons. The maximum Gasteiger partial charge on any atom is 0.264 e. The van der Waals surface area contributed by atoms with E-state index in [4.69, 9.17) is 27.9 Å². The maximum atomic E-state index is 14.0. The van der Waals surface area contributed by atoms with Gasteiger partial charge in [0.1, 0.15) is 18.3 Å². The number of carbonyl (C=O) groups excluding carboxylic acids is 2. The second kappa shape index (κ2) is 15.0. The van der Waals surface area contributed by atoms with Gasteiger partial charge in [-0.05, 0) is 100 Å². The average molecular weight is 653 g/mol. The van der Waals surface area contributed by atoms with Crippen LogP contribution in [0, 0.1) is 0 Å². The Balaban J connectivity index is 2.06. The zero-order valence-corrected chi connectivity index (χ0v) is 27.3. The van der Waals surface area contributed by atoms with E-state index in [0.29, 0.717) is 28.0 Å². The highest BCUT2D eigenvalue weighted by Gasteiger charge is 2.33. The van der Waals surface area contributed by atoms with Crippen LogP contribution in [0.3, 0.4) is 0 Å². The van der Waals surface area contributed by atoms with Crippen molar-refractivity contribution in [3.63, 3.8) is 0 Å². The summed E-state index contributed by atoms with van der Waals surface area (Å²) in [5.74, 6) is -0.413. The SMILES string of the molecule is CCOc1ccc(N(CC(=O)N(Cc2ccc(Cl)cc2Cl)[C@H](C)C(=O)NC(C)C)S(=O)(=O)c2ccc(SC)cc2)cc1. The van der Waals surface area contributed by atoms with Gasteiger partial charge < -0.3 is 15.0 Å². The Labute approximate surface area is 262 Å². The number of hydrogen-bond acceptors (Lipinski definition) is 6. The second-order valence-corrected chi connectivity index (χ2v) is 13.3. The molecule has 0 aromatic heterocycles. The fourth-order valence-corrected chi connectivity index (χ4v) is 6.39. The summed E-state index contributed by atoms with van der Waals surface area (Å²) < 4.78 is 34.6. The van der Waals surface area contributed by atoms with Gasteiger partial charge in [0, 0.05) is 27.5 Å². The molecule has 3 aromatic carbocycles. The van der Waals surface area contributed by atoms with Crippen LogP contribution < -0.4 is 14.4 Å². The van der Waals surface area contributed by atoms with Gasteiger partial charge in [0.2, 0.25) is 11.8 Å². The number of rotatable bonds is 13. The number of anilines is 1. The number of benzene rings is 3. The third-order valence-electron chi connectivity index (χ3n) is 6.32. The smallest absolute Gasteiger partial charge is 0.264 e. The van der Waals surface area contributed by atoms with Crippen molar-refractivity contribution in [3.05, 3.63) is 82.3 Å². The summed E-state index contributed by atoms with van der Waals surface area (Å²) in [5, 5.41) is 3.57. The highest BCUT2D eigenvalue weighted by atomic mass is 35.5. The van der Waals surface area contributed by atoms with Gasteiger partial charge in [-0.15, -0.1) is 11.8 Å². The van der Waals surface area contributed by atoms with Gasteiger partial charge in [0.25, 0.3) is 10.0 Å². The van der Waals surface area contributed by atoms with Crippen molar-refractivity contribution in [1.82, 2.24) is 10.2 Å². The van der Waals surface area contributed by atoms with Gasteiger partial charge in [-0.1, -0.05) is 29.3 Å². The summed E-state index contributed by atoms with van der Waals surface area (Å²) in [6.45, 7) is 6.91. The lowest BCUT2D eigenvalue weighted by Gasteiger charge is -2.32. The molecule has 0 radical (unpaired) electrons. The minimum absolute atomic E-state index is 0.0277. The lowest BCUT2D eigenvalue weighted by atomic mass is 10.1. The molecule has 0 unspecified atom stereocenters. The Morgan fingerprint density at radius 1 is 0.976 bits per heavy atom. The monoisotopic (exact) mass is 651 g/mol. The molecule has 0 saturated carbocycles. The molecule has 0 saturated heterocycles. The van der Waals surface area contributed by atoms with E-state index in [1.807, 2.05) is 27.0 Å². The summed E-state index contributed by atoms with van der Waals surface area (Å²) in [4.78, 5) is 29.3. The Hall–Kier alpha value is -2.92. The zero-order chi connectivity index (χ0) is 31.0. The minimum atomic E-state index is -4.19. The van der Waals surface area contributed by atoms with Crippen molar-refractivity contribution in [2.75, 3.05) is 23.7 Å². The van der Waals surface area contributed by atoms with Crippen molar-refractivity contribution in [3.8, 4) is 5.75 Å². The fraction of sp³-hybridized carbons (Fsp3) is 0.333. The van der Waals surface area contributed by atoms with Gasteiger partial charge >= 0.3 is 0 Å². The minimum Gasteiger partial charge on any atom is -0.494 e. The Kier molecular flexibility index (Phi) is 12.0. The van der Waals surface area contributed by atoms with Crippen LogP contribution in [0.4, 0.5) is 5.69 Å². The van der Waals surface area contributed by atoms with Crippen LogP contribution in [0.5, 0.6) is 5.75 Å². The van der Waals surface area contributed by atoms with E-state index in [2.05, 4.69) is 5.32 Å². The molecule has 0 aliphatic rings. The molecule has 0 heterocycles. The van der Waals surface area contributed by atoms with E-state index < -0.39 is 28.5 Å². The molecule has 12 heteroatoms. The number of sulfonamides is 1. The van der Waals surface area contributed by atoms with Crippen LogP contribution in [-0.4, -0.2) is 56.6 Å². The van der Waals surface area contributed by atoms with Gasteiger partial charge in [0.05, 0.1) is 17.2 Å². The molecule has 0 fully saturated rings. The number of amides is 2. The van der Waals surface area contributed by atoms with Crippen molar-refractivity contribution in [1.29, 1.82) is 0 Å². The van der Waals surface area contributed by atoms with E-state index in [0.717, 1.165) is 9.20 Å². The summed E-state index contributed by atoms with van der Waals surface area (Å²) in [6, 6.07) is 16.7. The molecule has 0 aliphatic carbocycles. The van der Waals surface area contributed by atoms with E-state index in [1.54, 1.807) is 61.5 Å². The molecule has 3 rings (SSSR count). The molecule has 1 atom stereocenters. The Morgan fingerprint density at radius 3 is 2.17 bits per heavy atom. The highest BCUT2D eigenvalue weighted by molar-refractivity contribution is 7.98. The lowest BCUT2D eigenvalue weighted by molar-refractivity contribution is -0.139. The number of carbonyl (C=O) groups is 2. The van der Waals surface area contributed by atoms with Crippen LogP contribution in [0.25, 0.3) is 0 Å². The number of hydrogen-bond donors (Lipinski definition) is 1. The van der Waals surface area contributed by atoms with Gasteiger partial charge in [-0.3, -0.25) is 13.9 Å².